The van der Waals surface area contributed by atoms with Crippen LogP contribution in [-0.4, -0.2) is 35.2 Å². The molecule has 0 saturated heterocycles. The number of carbonyl (C=O) groups is 1. The highest BCUT2D eigenvalue weighted by atomic mass is 35.5. The fourth-order valence-electron chi connectivity index (χ4n) is 0.900. The Kier molecular flexibility index (Phi) is 10.8. The van der Waals surface area contributed by atoms with Gasteiger partial charge in [0.05, 0.1) is 11.9 Å². The standard InChI is InChI=1S/C7H14ClN5O3.ClH/c8-4-6(14)5(9)2-1-3-11-7(10)12-13(15)16;/h5H,1-4,9H2,(H3,10,11,12);1H/t5-;/m0./s1. The number of hydrazine groups is 1. The molecule has 0 heterocycles. The first-order valence-electron chi connectivity index (χ1n) is 4.52. The van der Waals surface area contributed by atoms with E-state index >= 15 is 0 Å². The van der Waals surface area contributed by atoms with Crippen LogP contribution in [-0.2, 0) is 4.79 Å². The van der Waals surface area contributed by atoms with Crippen molar-refractivity contribution in [2.45, 2.75) is 18.9 Å². The van der Waals surface area contributed by atoms with Gasteiger partial charge in [0.15, 0.2) is 10.8 Å². The Morgan fingerprint density at radius 3 is 2.65 bits per heavy atom. The summed E-state index contributed by atoms with van der Waals surface area (Å²) in [5.74, 6) is -0.626. The molecule has 0 rings (SSSR count). The predicted molar refractivity (Wildman–Crippen MR) is 66.8 cm³/mol. The van der Waals surface area contributed by atoms with E-state index in [1.807, 2.05) is 0 Å². The second-order valence-electron chi connectivity index (χ2n) is 2.98. The SMILES string of the molecule is Cl.NC(=NCCC[C@H](N)C(=O)CCl)N[N+](=O)[O-]. The molecular weight excluding hydrogens is 273 g/mol. The van der Waals surface area contributed by atoms with Gasteiger partial charge in [-0.15, -0.1) is 24.0 Å². The van der Waals surface area contributed by atoms with Crippen LogP contribution in [0.4, 0.5) is 0 Å². The highest BCUT2D eigenvalue weighted by Crippen LogP contribution is 1.97. The first-order chi connectivity index (χ1) is 7.47. The molecule has 0 aromatic rings. The second kappa shape index (κ2) is 10.1. The number of ketones is 1. The van der Waals surface area contributed by atoms with E-state index in [1.54, 1.807) is 5.43 Å². The lowest BCUT2D eigenvalue weighted by Gasteiger charge is -2.06. The van der Waals surface area contributed by atoms with Crippen LogP contribution in [0.15, 0.2) is 4.99 Å². The molecule has 0 aliphatic rings. The van der Waals surface area contributed by atoms with E-state index in [-0.39, 0.29) is 36.6 Å². The fraction of sp³-hybridized carbons (Fsp3) is 0.714. The van der Waals surface area contributed by atoms with Gasteiger partial charge in [-0.25, -0.2) is 15.1 Å². The maximum absolute atomic E-state index is 11.0. The number of halogens is 2. The van der Waals surface area contributed by atoms with E-state index < -0.39 is 11.1 Å². The zero-order valence-corrected chi connectivity index (χ0v) is 10.5. The first kappa shape index (κ1) is 18.3. The van der Waals surface area contributed by atoms with Crippen LogP contribution in [0.3, 0.4) is 0 Å². The fourth-order valence-corrected chi connectivity index (χ4v) is 1.10. The monoisotopic (exact) mass is 287 g/mol. The van der Waals surface area contributed by atoms with Crippen LogP contribution in [0.2, 0.25) is 0 Å². The minimum atomic E-state index is -0.804. The minimum absolute atomic E-state index is 0. The molecular formula is C7H15Cl2N5O3. The van der Waals surface area contributed by atoms with Gasteiger partial charge in [-0.1, -0.05) is 5.43 Å². The lowest BCUT2D eigenvalue weighted by Crippen LogP contribution is -2.36. The molecule has 5 N–H and O–H groups in total. The number of carbonyl (C=O) groups excluding carboxylic acids is 1. The molecule has 0 bridgehead atoms. The summed E-state index contributed by atoms with van der Waals surface area (Å²) in [5.41, 5.74) is 12.3. The topological polar surface area (TPSA) is 137 Å². The Morgan fingerprint density at radius 1 is 1.59 bits per heavy atom. The molecule has 8 nitrogen and oxygen atoms in total. The molecule has 0 aromatic carbocycles. The molecule has 0 unspecified atom stereocenters. The maximum Gasteiger partial charge on any atom is 0.251 e. The molecule has 0 saturated carbocycles. The van der Waals surface area contributed by atoms with Crippen molar-refractivity contribution < 1.29 is 9.83 Å². The third kappa shape index (κ3) is 9.79. The highest BCUT2D eigenvalue weighted by Gasteiger charge is 2.10. The van der Waals surface area contributed by atoms with Gasteiger partial charge < -0.3 is 11.5 Å². The molecule has 1 atom stereocenters. The van der Waals surface area contributed by atoms with E-state index in [0.29, 0.717) is 12.8 Å². The van der Waals surface area contributed by atoms with E-state index in [0.717, 1.165) is 0 Å². The Labute approximate surface area is 109 Å². The number of nitro groups is 1. The van der Waals surface area contributed by atoms with Gasteiger partial charge in [-0.05, 0) is 12.8 Å². The molecule has 0 radical (unpaired) electrons. The number of hydrogen-bond donors (Lipinski definition) is 3. The number of hydrogen-bond acceptors (Lipinski definition) is 5. The van der Waals surface area contributed by atoms with Crippen molar-refractivity contribution in [1.29, 1.82) is 0 Å². The van der Waals surface area contributed by atoms with Crippen LogP contribution in [0.5, 0.6) is 0 Å². The Balaban J connectivity index is 0. The zero-order chi connectivity index (χ0) is 12.6. The molecule has 0 amide bonds. The van der Waals surface area contributed by atoms with Crippen molar-refractivity contribution >= 4 is 35.8 Å². The number of aliphatic imine (C=N–C) groups is 1. The molecule has 0 fully saturated rings. The average Bonchev–Trinajstić information content (AvgIpc) is 2.21. The van der Waals surface area contributed by atoms with Gasteiger partial charge in [0.2, 0.25) is 0 Å². The first-order valence-corrected chi connectivity index (χ1v) is 5.06. The lowest BCUT2D eigenvalue weighted by atomic mass is 10.1. The zero-order valence-electron chi connectivity index (χ0n) is 8.97. The number of nitrogens with two attached hydrogens (primary N) is 2. The second-order valence-corrected chi connectivity index (χ2v) is 3.25. The normalized spacial score (nSPS) is 12.5. The van der Waals surface area contributed by atoms with Crippen molar-refractivity contribution in [3.8, 4) is 0 Å². The third-order valence-electron chi connectivity index (χ3n) is 1.71. The summed E-state index contributed by atoms with van der Waals surface area (Å²) >= 11 is 5.31. The number of alkyl halides is 1. The molecule has 0 aliphatic heterocycles. The lowest BCUT2D eigenvalue weighted by molar-refractivity contribution is -0.525. The van der Waals surface area contributed by atoms with E-state index in [4.69, 9.17) is 23.1 Å². The van der Waals surface area contributed by atoms with Crippen molar-refractivity contribution in [2.24, 2.45) is 16.5 Å². The summed E-state index contributed by atoms with van der Waals surface area (Å²) in [6.45, 7) is 0.260. The summed E-state index contributed by atoms with van der Waals surface area (Å²) < 4.78 is 0. The third-order valence-corrected chi connectivity index (χ3v) is 1.97. The van der Waals surface area contributed by atoms with Crippen LogP contribution < -0.4 is 16.9 Å². The molecule has 0 aliphatic carbocycles. The number of guanidine groups is 1. The molecule has 0 aromatic heterocycles. The molecule has 100 valence electrons. The number of Topliss-reactive ketones (excluding diaryl/α,β-unsaturated/α-hetero) is 1. The van der Waals surface area contributed by atoms with Crippen molar-refractivity contribution in [1.82, 2.24) is 5.43 Å². The molecule has 0 spiro atoms. The van der Waals surface area contributed by atoms with Crippen LogP contribution in [0, 0.1) is 10.1 Å². The van der Waals surface area contributed by atoms with Gasteiger partial charge in [0.25, 0.3) is 5.96 Å². The molecule has 10 heteroatoms. The van der Waals surface area contributed by atoms with Gasteiger partial charge >= 0.3 is 0 Å². The van der Waals surface area contributed by atoms with E-state index in [1.165, 1.54) is 0 Å². The Hall–Kier alpha value is -1.12. The summed E-state index contributed by atoms with van der Waals surface area (Å²) in [6, 6.07) is -0.614. The summed E-state index contributed by atoms with van der Waals surface area (Å²) in [5, 5.41) is 9.13. The van der Waals surface area contributed by atoms with E-state index in [9.17, 15) is 14.9 Å². The largest absolute Gasteiger partial charge is 0.365 e. The van der Waals surface area contributed by atoms with Crippen molar-refractivity contribution in [2.75, 3.05) is 12.4 Å². The minimum Gasteiger partial charge on any atom is -0.365 e. The van der Waals surface area contributed by atoms with Crippen molar-refractivity contribution in [3.05, 3.63) is 10.1 Å². The summed E-state index contributed by atoms with van der Waals surface area (Å²) in [7, 11) is 0. The van der Waals surface area contributed by atoms with Crippen LogP contribution in [0.1, 0.15) is 12.8 Å². The average molecular weight is 288 g/mol. The number of nitrogens with zero attached hydrogens (tertiary/aromatic N) is 2. The van der Waals surface area contributed by atoms with Gasteiger partial charge in [0.1, 0.15) is 0 Å². The van der Waals surface area contributed by atoms with Crippen LogP contribution in [0.25, 0.3) is 0 Å². The highest BCUT2D eigenvalue weighted by molar-refractivity contribution is 6.28. The van der Waals surface area contributed by atoms with Crippen LogP contribution >= 0.6 is 24.0 Å². The summed E-state index contributed by atoms with van der Waals surface area (Å²) in [6.07, 6.45) is 0.921. The van der Waals surface area contributed by atoms with Gasteiger partial charge in [-0.3, -0.25) is 4.79 Å². The summed E-state index contributed by atoms with van der Waals surface area (Å²) in [4.78, 5) is 24.6. The quantitative estimate of drug-likeness (QED) is 0.143. The van der Waals surface area contributed by atoms with Crippen molar-refractivity contribution in [3.63, 3.8) is 0 Å². The Bertz CT molecular complexity index is 287. The number of rotatable bonds is 7. The Morgan fingerprint density at radius 2 is 2.18 bits per heavy atom. The maximum atomic E-state index is 11.0. The van der Waals surface area contributed by atoms with Gasteiger partial charge in [-0.2, -0.15) is 0 Å². The predicted octanol–water partition coefficient (Wildman–Crippen LogP) is -0.580. The smallest absolute Gasteiger partial charge is 0.251 e. The van der Waals surface area contributed by atoms with Gasteiger partial charge in [0, 0.05) is 6.54 Å². The number of nitrogens with one attached hydrogen (secondary N) is 1. The van der Waals surface area contributed by atoms with E-state index in [2.05, 4.69) is 4.99 Å². The molecule has 17 heavy (non-hydrogen) atoms.